The highest BCUT2D eigenvalue weighted by Crippen LogP contribution is 2.47. The van der Waals surface area contributed by atoms with E-state index in [-0.39, 0.29) is 24.2 Å². The maximum atomic E-state index is 13.9. The van der Waals surface area contributed by atoms with Gasteiger partial charge in [0.25, 0.3) is 0 Å². The van der Waals surface area contributed by atoms with Gasteiger partial charge in [-0.05, 0) is 42.5 Å². The van der Waals surface area contributed by atoms with Gasteiger partial charge < -0.3 is 4.74 Å². The van der Waals surface area contributed by atoms with Crippen LogP contribution >= 0.6 is 0 Å². The molecule has 2 aliphatic rings. The molecule has 0 spiro atoms. The van der Waals surface area contributed by atoms with E-state index < -0.39 is 29.1 Å². The monoisotopic (exact) mass is 430 g/mol. The lowest BCUT2D eigenvalue weighted by Crippen LogP contribution is -2.46. The molecule has 31 heavy (non-hydrogen) atoms. The van der Waals surface area contributed by atoms with Crippen molar-refractivity contribution in [3.8, 4) is 11.8 Å². The van der Waals surface area contributed by atoms with Crippen molar-refractivity contribution >= 4 is 5.65 Å². The first-order valence-corrected chi connectivity index (χ1v) is 10.1. The van der Waals surface area contributed by atoms with Gasteiger partial charge in [0.2, 0.25) is 0 Å². The number of benzene rings is 1. The number of alkyl halides is 3. The molecule has 9 heteroatoms. The quantitative estimate of drug-likeness (QED) is 0.544. The summed E-state index contributed by atoms with van der Waals surface area (Å²) in [4.78, 5) is 0. The number of pyridine rings is 1. The van der Waals surface area contributed by atoms with E-state index in [1.165, 1.54) is 40.9 Å². The summed E-state index contributed by atoms with van der Waals surface area (Å²) in [5.41, 5.74) is -1.50. The smallest absolute Gasteiger partial charge is 0.423 e. The third-order valence-corrected chi connectivity index (χ3v) is 6.12. The molecule has 2 aromatic heterocycles. The Morgan fingerprint density at radius 1 is 1.13 bits per heavy atom. The van der Waals surface area contributed by atoms with Crippen LogP contribution in [0.5, 0.6) is 5.75 Å². The van der Waals surface area contributed by atoms with E-state index >= 15 is 0 Å². The fourth-order valence-electron chi connectivity index (χ4n) is 4.21. The van der Waals surface area contributed by atoms with Crippen LogP contribution in [0.2, 0.25) is 0 Å². The average Bonchev–Trinajstić information content (AvgIpc) is 3.43. The SMILES string of the molecule is N#C[C@]1(c2ccc(F)cc2)C[C@H](Oc2ccn3c(CC4CC4)nnc3c2C(F)(F)F)C1. The van der Waals surface area contributed by atoms with Crippen LogP contribution in [0.3, 0.4) is 0 Å². The molecule has 2 saturated carbocycles. The van der Waals surface area contributed by atoms with Crippen molar-refractivity contribution in [2.75, 3.05) is 0 Å². The van der Waals surface area contributed by atoms with Crippen LogP contribution in [-0.2, 0) is 18.0 Å². The van der Waals surface area contributed by atoms with Crippen LogP contribution in [0.1, 0.15) is 42.6 Å². The molecule has 2 heterocycles. The molecule has 3 aromatic rings. The first-order chi connectivity index (χ1) is 14.8. The van der Waals surface area contributed by atoms with E-state index in [1.54, 1.807) is 0 Å². The first-order valence-electron chi connectivity index (χ1n) is 10.1. The van der Waals surface area contributed by atoms with Crippen LogP contribution < -0.4 is 4.74 Å². The van der Waals surface area contributed by atoms with Gasteiger partial charge in [-0.15, -0.1) is 10.2 Å². The second-order valence-corrected chi connectivity index (χ2v) is 8.36. The minimum atomic E-state index is -4.67. The van der Waals surface area contributed by atoms with E-state index in [9.17, 15) is 22.8 Å². The molecule has 0 radical (unpaired) electrons. The fourth-order valence-corrected chi connectivity index (χ4v) is 4.21. The molecule has 0 amide bonds. The van der Waals surface area contributed by atoms with Crippen molar-refractivity contribution in [3.05, 3.63) is 59.3 Å². The van der Waals surface area contributed by atoms with Crippen molar-refractivity contribution in [2.45, 2.75) is 49.8 Å². The molecule has 0 saturated heterocycles. The Balaban J connectivity index is 1.42. The lowest BCUT2D eigenvalue weighted by Gasteiger charge is -2.42. The highest BCUT2D eigenvalue weighted by atomic mass is 19.4. The second kappa shape index (κ2) is 6.94. The van der Waals surface area contributed by atoms with Crippen LogP contribution in [0.4, 0.5) is 17.6 Å². The summed E-state index contributed by atoms with van der Waals surface area (Å²) in [5, 5.41) is 17.4. The topological polar surface area (TPSA) is 63.2 Å². The largest absolute Gasteiger partial charge is 0.489 e. The maximum Gasteiger partial charge on any atom is 0.423 e. The Labute approximate surface area is 175 Å². The highest BCUT2D eigenvalue weighted by Gasteiger charge is 2.49. The Bertz CT molecular complexity index is 1170. The van der Waals surface area contributed by atoms with Gasteiger partial charge in [0.15, 0.2) is 5.65 Å². The number of nitriles is 1. The van der Waals surface area contributed by atoms with Gasteiger partial charge in [-0.3, -0.25) is 4.40 Å². The number of halogens is 4. The van der Waals surface area contributed by atoms with E-state index in [0.717, 1.165) is 12.8 Å². The second-order valence-electron chi connectivity index (χ2n) is 8.36. The number of fused-ring (bicyclic) bond motifs is 1. The van der Waals surface area contributed by atoms with Crippen molar-refractivity contribution < 1.29 is 22.3 Å². The number of nitrogens with zero attached hydrogens (tertiary/aromatic N) is 4. The van der Waals surface area contributed by atoms with Gasteiger partial charge in [0.1, 0.15) is 29.1 Å². The zero-order chi connectivity index (χ0) is 21.8. The Hall–Kier alpha value is -3.15. The first kappa shape index (κ1) is 19.8. The molecule has 5 nitrogen and oxygen atoms in total. The predicted octanol–water partition coefficient (Wildman–Crippen LogP) is 4.84. The van der Waals surface area contributed by atoms with Gasteiger partial charge in [0.05, 0.1) is 11.5 Å². The van der Waals surface area contributed by atoms with Gasteiger partial charge in [-0.1, -0.05) is 12.1 Å². The summed E-state index contributed by atoms with van der Waals surface area (Å²) in [6.45, 7) is 0. The molecule has 0 unspecified atom stereocenters. The normalized spacial score (nSPS) is 23.4. The van der Waals surface area contributed by atoms with Crippen LogP contribution in [-0.4, -0.2) is 20.7 Å². The van der Waals surface area contributed by atoms with E-state index in [4.69, 9.17) is 4.74 Å². The van der Waals surface area contributed by atoms with Gasteiger partial charge >= 0.3 is 6.18 Å². The molecule has 0 bridgehead atoms. The summed E-state index contributed by atoms with van der Waals surface area (Å²) in [6.07, 6.45) is -0.583. The summed E-state index contributed by atoms with van der Waals surface area (Å²) in [5.74, 6) is 0.235. The van der Waals surface area contributed by atoms with Crippen molar-refractivity contribution in [2.24, 2.45) is 5.92 Å². The van der Waals surface area contributed by atoms with Crippen molar-refractivity contribution in [3.63, 3.8) is 0 Å². The molecular formula is C22H18F4N4O. The molecule has 0 N–H and O–H groups in total. The fraction of sp³-hybridized carbons (Fsp3) is 0.409. The third kappa shape index (κ3) is 3.50. The number of hydrogen-bond donors (Lipinski definition) is 0. The van der Waals surface area contributed by atoms with Gasteiger partial charge in [-0.2, -0.15) is 18.4 Å². The van der Waals surface area contributed by atoms with E-state index in [1.807, 2.05) is 0 Å². The Kier molecular flexibility index (Phi) is 4.43. The van der Waals surface area contributed by atoms with Gasteiger partial charge in [-0.25, -0.2) is 4.39 Å². The minimum Gasteiger partial charge on any atom is -0.489 e. The van der Waals surface area contributed by atoms with Crippen LogP contribution in [0.25, 0.3) is 5.65 Å². The number of ether oxygens (including phenoxy) is 1. The maximum absolute atomic E-state index is 13.9. The van der Waals surface area contributed by atoms with Crippen LogP contribution in [0.15, 0.2) is 36.5 Å². The minimum absolute atomic E-state index is 0.219. The lowest BCUT2D eigenvalue weighted by molar-refractivity contribution is -0.138. The summed E-state index contributed by atoms with van der Waals surface area (Å²) in [7, 11) is 0. The zero-order valence-electron chi connectivity index (χ0n) is 16.4. The highest BCUT2D eigenvalue weighted by molar-refractivity contribution is 5.57. The van der Waals surface area contributed by atoms with E-state index in [2.05, 4.69) is 16.3 Å². The molecule has 0 atom stereocenters. The molecule has 5 rings (SSSR count). The lowest BCUT2D eigenvalue weighted by atomic mass is 9.63. The van der Waals surface area contributed by atoms with Crippen molar-refractivity contribution in [1.82, 2.24) is 14.6 Å². The molecule has 0 aliphatic heterocycles. The third-order valence-electron chi connectivity index (χ3n) is 6.12. The standard InChI is InChI=1S/C22H18F4N4O/c23-15-5-3-14(4-6-15)21(12-27)10-16(11-21)31-17-7-8-30-18(9-13-1-2-13)28-29-20(30)19(17)22(24,25)26/h3-8,13,16H,1-2,9-11H2/t16-,21-. The van der Waals surface area contributed by atoms with Crippen LogP contribution in [0, 0.1) is 23.1 Å². The molecule has 2 fully saturated rings. The Morgan fingerprint density at radius 3 is 2.45 bits per heavy atom. The zero-order valence-corrected chi connectivity index (χ0v) is 16.4. The summed E-state index contributed by atoms with van der Waals surface area (Å²) in [6, 6.07) is 9.10. The Morgan fingerprint density at radius 2 is 1.84 bits per heavy atom. The summed E-state index contributed by atoms with van der Waals surface area (Å²) < 4.78 is 62.0. The van der Waals surface area contributed by atoms with Gasteiger partial charge in [0, 0.05) is 25.5 Å². The predicted molar refractivity (Wildman–Crippen MR) is 102 cm³/mol. The molecule has 160 valence electrons. The molecule has 1 aromatic carbocycles. The number of aromatic nitrogens is 3. The van der Waals surface area contributed by atoms with Crippen molar-refractivity contribution in [1.29, 1.82) is 5.26 Å². The number of rotatable bonds is 5. The average molecular weight is 430 g/mol. The molecule has 2 aliphatic carbocycles. The summed E-state index contributed by atoms with van der Waals surface area (Å²) >= 11 is 0. The molecular weight excluding hydrogens is 412 g/mol. The van der Waals surface area contributed by atoms with E-state index in [0.29, 0.717) is 23.7 Å². The number of hydrogen-bond acceptors (Lipinski definition) is 4.